The van der Waals surface area contributed by atoms with Crippen LogP contribution in [0.5, 0.6) is 0 Å². The number of hydrogen-bond acceptors (Lipinski definition) is 7. The molecule has 1 fully saturated rings. The van der Waals surface area contributed by atoms with E-state index in [2.05, 4.69) is 27.3 Å². The van der Waals surface area contributed by atoms with E-state index in [1.54, 1.807) is 7.05 Å². The average molecular weight is 438 g/mol. The third-order valence-electron chi connectivity index (χ3n) is 5.23. The Kier molecular flexibility index (Phi) is 6.99. The van der Waals surface area contributed by atoms with Gasteiger partial charge in [0.25, 0.3) is 5.91 Å². The van der Waals surface area contributed by atoms with Gasteiger partial charge in [0.2, 0.25) is 15.0 Å². The maximum absolute atomic E-state index is 12.4. The lowest BCUT2D eigenvalue weighted by molar-refractivity contribution is 0.102. The van der Waals surface area contributed by atoms with Gasteiger partial charge >= 0.3 is 0 Å². The van der Waals surface area contributed by atoms with Crippen molar-refractivity contribution in [3.8, 4) is 0 Å². The van der Waals surface area contributed by atoms with E-state index in [-0.39, 0.29) is 11.9 Å². The van der Waals surface area contributed by atoms with Crippen LogP contribution in [0.4, 0.5) is 5.69 Å². The van der Waals surface area contributed by atoms with E-state index >= 15 is 0 Å². The highest BCUT2D eigenvalue weighted by Gasteiger charge is 2.27. The molecule has 0 unspecified atom stereocenters. The summed E-state index contributed by atoms with van der Waals surface area (Å²) in [6, 6.07) is 7.79. The molecule has 1 saturated heterocycles. The van der Waals surface area contributed by atoms with Crippen LogP contribution < -0.4 is 5.32 Å². The van der Waals surface area contributed by atoms with E-state index in [4.69, 9.17) is 0 Å². The van der Waals surface area contributed by atoms with Crippen molar-refractivity contribution >= 4 is 33.0 Å². The van der Waals surface area contributed by atoms with Gasteiger partial charge in [-0.1, -0.05) is 30.4 Å². The topological polar surface area (TPSA) is 95.5 Å². The molecule has 3 rings (SSSR count). The largest absolute Gasteiger partial charge is 0.320 e. The zero-order valence-corrected chi connectivity index (χ0v) is 18.6. The van der Waals surface area contributed by atoms with Crippen LogP contribution in [-0.2, 0) is 23.0 Å². The predicted molar refractivity (Wildman–Crippen MR) is 115 cm³/mol. The minimum absolute atomic E-state index is 0.0381. The van der Waals surface area contributed by atoms with Gasteiger partial charge < -0.3 is 5.32 Å². The van der Waals surface area contributed by atoms with Crippen molar-refractivity contribution in [1.82, 2.24) is 19.4 Å². The van der Waals surface area contributed by atoms with Crippen molar-refractivity contribution in [2.45, 2.75) is 38.8 Å². The first kappa shape index (κ1) is 21.8. The maximum atomic E-state index is 12.4. The second-order valence-corrected chi connectivity index (χ2v) is 10.4. The van der Waals surface area contributed by atoms with Crippen LogP contribution in [0, 0.1) is 0 Å². The number of nitrogens with one attached hydrogen (secondary N) is 1. The van der Waals surface area contributed by atoms with Gasteiger partial charge in [0.05, 0.1) is 12.8 Å². The molecule has 29 heavy (non-hydrogen) atoms. The lowest BCUT2D eigenvalue weighted by Gasteiger charge is -2.35. The van der Waals surface area contributed by atoms with Gasteiger partial charge in [0.1, 0.15) is 5.01 Å². The van der Waals surface area contributed by atoms with Crippen molar-refractivity contribution in [3.63, 3.8) is 0 Å². The second-order valence-electron chi connectivity index (χ2n) is 7.29. The smallest absolute Gasteiger partial charge is 0.286 e. The van der Waals surface area contributed by atoms with Gasteiger partial charge in [-0.15, -0.1) is 10.2 Å². The maximum Gasteiger partial charge on any atom is 0.286 e. The summed E-state index contributed by atoms with van der Waals surface area (Å²) < 4.78 is 24.8. The monoisotopic (exact) mass is 437 g/mol. The Hall–Kier alpha value is -1.88. The van der Waals surface area contributed by atoms with Gasteiger partial charge in [0, 0.05) is 31.9 Å². The average Bonchev–Trinajstić information content (AvgIpc) is 3.16. The SMILES string of the molecule is CCc1ccc(NC(=O)c2nnc(CN3CCC(N(C)S(C)(=O)=O)CC3)s2)cc1. The third kappa shape index (κ3) is 5.81. The molecule has 2 heterocycles. The van der Waals surface area contributed by atoms with Crippen molar-refractivity contribution in [3.05, 3.63) is 39.8 Å². The van der Waals surface area contributed by atoms with Crippen LogP contribution >= 0.6 is 11.3 Å². The van der Waals surface area contributed by atoms with E-state index in [1.807, 2.05) is 24.3 Å². The number of carbonyl (C=O) groups is 1. The summed E-state index contributed by atoms with van der Waals surface area (Å²) in [5.41, 5.74) is 1.95. The van der Waals surface area contributed by atoms with Crippen LogP contribution in [0.3, 0.4) is 0 Å². The molecule has 1 aliphatic rings. The number of amides is 1. The Morgan fingerprint density at radius 3 is 2.48 bits per heavy atom. The number of carbonyl (C=O) groups excluding carboxylic acids is 1. The van der Waals surface area contributed by atoms with Crippen LogP contribution in [-0.4, -0.2) is 66.2 Å². The summed E-state index contributed by atoms with van der Waals surface area (Å²) >= 11 is 1.29. The Morgan fingerprint density at radius 1 is 1.24 bits per heavy atom. The molecule has 1 N–H and O–H groups in total. The van der Waals surface area contributed by atoms with Crippen molar-refractivity contribution in [2.24, 2.45) is 0 Å². The van der Waals surface area contributed by atoms with E-state index in [0.717, 1.165) is 43.0 Å². The summed E-state index contributed by atoms with van der Waals surface area (Å²) in [5, 5.41) is 12.2. The molecule has 0 bridgehead atoms. The molecule has 0 saturated carbocycles. The molecule has 158 valence electrons. The van der Waals surface area contributed by atoms with E-state index in [9.17, 15) is 13.2 Å². The summed E-state index contributed by atoms with van der Waals surface area (Å²) in [5.74, 6) is -0.258. The quantitative estimate of drug-likeness (QED) is 0.714. The summed E-state index contributed by atoms with van der Waals surface area (Å²) in [7, 11) is -1.52. The van der Waals surface area contributed by atoms with Gasteiger partial charge in [-0.05, 0) is 37.0 Å². The zero-order valence-electron chi connectivity index (χ0n) is 17.0. The number of benzene rings is 1. The van der Waals surface area contributed by atoms with E-state index < -0.39 is 10.0 Å². The molecule has 1 aromatic heterocycles. The Bertz CT molecular complexity index is 935. The van der Waals surface area contributed by atoms with Gasteiger partial charge in [-0.2, -0.15) is 0 Å². The van der Waals surface area contributed by atoms with Gasteiger partial charge in [0.15, 0.2) is 0 Å². The summed E-state index contributed by atoms with van der Waals surface area (Å²) in [6.07, 6.45) is 3.76. The first-order chi connectivity index (χ1) is 13.8. The minimum Gasteiger partial charge on any atom is -0.320 e. The molecule has 8 nitrogen and oxygen atoms in total. The standard InChI is InChI=1S/C19H27N5O3S2/c1-4-14-5-7-15(8-6-14)20-18(25)19-22-21-17(28-19)13-24-11-9-16(10-12-24)23(2)29(3,26)27/h5-8,16H,4,9-13H2,1-3H3,(H,20,25). The number of piperidine rings is 1. The first-order valence-electron chi connectivity index (χ1n) is 9.64. The fourth-order valence-corrected chi connectivity index (χ4v) is 4.85. The molecule has 0 radical (unpaired) electrons. The molecule has 0 aliphatic carbocycles. The van der Waals surface area contributed by atoms with Crippen LogP contribution in [0.25, 0.3) is 0 Å². The van der Waals surface area contributed by atoms with Crippen molar-refractivity contribution < 1.29 is 13.2 Å². The molecule has 1 aliphatic heterocycles. The molecular formula is C19H27N5O3S2. The molecule has 2 aromatic rings. The highest BCUT2D eigenvalue weighted by molar-refractivity contribution is 7.88. The molecule has 1 aromatic carbocycles. The lowest BCUT2D eigenvalue weighted by Crippen LogP contribution is -2.44. The predicted octanol–water partition coefficient (Wildman–Crippen LogP) is 2.21. The van der Waals surface area contributed by atoms with Crippen LogP contribution in [0.1, 0.15) is 40.1 Å². The normalized spacial score (nSPS) is 16.3. The van der Waals surface area contributed by atoms with Crippen LogP contribution in [0.15, 0.2) is 24.3 Å². The summed E-state index contributed by atoms with van der Waals surface area (Å²) in [4.78, 5) is 14.6. The molecule has 0 atom stereocenters. The van der Waals surface area contributed by atoms with E-state index in [0.29, 0.717) is 11.6 Å². The first-order valence-corrected chi connectivity index (χ1v) is 12.3. The van der Waals surface area contributed by atoms with Crippen molar-refractivity contribution in [2.75, 3.05) is 31.7 Å². The highest BCUT2D eigenvalue weighted by atomic mass is 32.2. The number of nitrogens with zero attached hydrogens (tertiary/aromatic N) is 4. The van der Waals surface area contributed by atoms with Crippen molar-refractivity contribution in [1.29, 1.82) is 0 Å². The molecule has 0 spiro atoms. The number of anilines is 1. The number of likely N-dealkylation sites (tertiary alicyclic amines) is 1. The number of aryl methyl sites for hydroxylation is 1. The second kappa shape index (κ2) is 9.29. The summed E-state index contributed by atoms with van der Waals surface area (Å²) in [6.45, 7) is 4.28. The fourth-order valence-electron chi connectivity index (χ4n) is 3.32. The number of hydrogen-bond donors (Lipinski definition) is 1. The molecular weight excluding hydrogens is 410 g/mol. The number of rotatable bonds is 7. The molecule has 10 heteroatoms. The highest BCUT2D eigenvalue weighted by Crippen LogP contribution is 2.21. The van der Waals surface area contributed by atoms with Gasteiger partial charge in [-0.25, -0.2) is 12.7 Å². The Labute approximate surface area is 176 Å². The molecule has 1 amide bonds. The number of sulfonamides is 1. The zero-order chi connectivity index (χ0) is 21.0. The third-order valence-corrected chi connectivity index (χ3v) is 7.49. The van der Waals surface area contributed by atoms with E-state index in [1.165, 1.54) is 27.5 Å². The Morgan fingerprint density at radius 2 is 1.90 bits per heavy atom. The number of aromatic nitrogens is 2. The lowest BCUT2D eigenvalue weighted by atomic mass is 10.1. The minimum atomic E-state index is -3.16. The fraction of sp³-hybridized carbons (Fsp3) is 0.526. The van der Waals surface area contributed by atoms with Crippen LogP contribution in [0.2, 0.25) is 0 Å². The Balaban J connectivity index is 1.52. The van der Waals surface area contributed by atoms with Gasteiger partial charge in [-0.3, -0.25) is 9.69 Å².